The van der Waals surface area contributed by atoms with Crippen LogP contribution in [-0.4, -0.2) is 13.2 Å². The van der Waals surface area contributed by atoms with Gasteiger partial charge in [-0.05, 0) is 55.7 Å². The molecule has 0 amide bonds. The Morgan fingerprint density at radius 3 is 2.83 bits per heavy atom. The van der Waals surface area contributed by atoms with Crippen molar-refractivity contribution in [1.29, 1.82) is 0 Å². The van der Waals surface area contributed by atoms with E-state index in [1.165, 1.54) is 23.2 Å². The first-order chi connectivity index (χ1) is 11.8. The van der Waals surface area contributed by atoms with Crippen LogP contribution in [-0.2, 0) is 4.74 Å². The summed E-state index contributed by atoms with van der Waals surface area (Å²) in [5, 5.41) is 3.75. The van der Waals surface area contributed by atoms with Crippen molar-refractivity contribution in [3.05, 3.63) is 58.1 Å². The minimum atomic E-state index is 0.170. The van der Waals surface area contributed by atoms with Gasteiger partial charge in [-0.25, -0.2) is 0 Å². The summed E-state index contributed by atoms with van der Waals surface area (Å²) in [4.78, 5) is 0. The van der Waals surface area contributed by atoms with E-state index in [-0.39, 0.29) is 12.1 Å². The summed E-state index contributed by atoms with van der Waals surface area (Å²) in [5.74, 6) is 1.39. The molecule has 24 heavy (non-hydrogen) atoms. The number of hydrogen-bond donors (Lipinski definition) is 1. The van der Waals surface area contributed by atoms with Gasteiger partial charge in [0.15, 0.2) is 0 Å². The number of rotatable bonds is 3. The van der Waals surface area contributed by atoms with Gasteiger partial charge in [0.2, 0.25) is 0 Å². The highest BCUT2D eigenvalue weighted by Gasteiger charge is 2.39. The maximum Gasteiger partial charge on any atom is 0.119 e. The number of halogens is 1. The van der Waals surface area contributed by atoms with Gasteiger partial charge in [-0.15, -0.1) is 0 Å². The number of anilines is 1. The molecule has 3 unspecified atom stereocenters. The molecule has 0 aromatic heterocycles. The zero-order valence-electron chi connectivity index (χ0n) is 13.8. The van der Waals surface area contributed by atoms with Crippen LogP contribution in [0.3, 0.4) is 0 Å². The summed E-state index contributed by atoms with van der Waals surface area (Å²) in [6.07, 6.45) is 2.48. The van der Waals surface area contributed by atoms with Gasteiger partial charge < -0.3 is 14.8 Å². The molecule has 2 aromatic carbocycles. The van der Waals surface area contributed by atoms with E-state index in [0.29, 0.717) is 12.5 Å². The Morgan fingerprint density at radius 1 is 1.21 bits per heavy atom. The van der Waals surface area contributed by atoms with Crippen LogP contribution in [0.4, 0.5) is 5.69 Å². The van der Waals surface area contributed by atoms with Crippen LogP contribution < -0.4 is 10.1 Å². The lowest BCUT2D eigenvalue weighted by atomic mass is 9.77. The second kappa shape index (κ2) is 6.77. The van der Waals surface area contributed by atoms with Gasteiger partial charge in [-0.3, -0.25) is 0 Å². The van der Waals surface area contributed by atoms with E-state index in [1.807, 2.05) is 6.92 Å². The van der Waals surface area contributed by atoms with Gasteiger partial charge in [0.1, 0.15) is 5.75 Å². The Kier molecular flexibility index (Phi) is 4.51. The largest absolute Gasteiger partial charge is 0.494 e. The number of nitrogens with one attached hydrogen (secondary N) is 1. The molecule has 0 bridgehead atoms. The Balaban J connectivity index is 1.69. The topological polar surface area (TPSA) is 30.5 Å². The van der Waals surface area contributed by atoms with Gasteiger partial charge in [0.25, 0.3) is 0 Å². The Labute approximate surface area is 151 Å². The standard InChI is InChI=1S/C20H22BrNO2/c1-2-23-15-8-5-13(6-9-15)19-16-4-3-11-24-20(16)17-12-14(21)7-10-18(17)22-19/h5-10,12,16,19-20,22H,2-4,11H2,1H3. The Morgan fingerprint density at radius 2 is 2.04 bits per heavy atom. The fourth-order valence-corrected chi connectivity index (χ4v) is 4.29. The highest BCUT2D eigenvalue weighted by atomic mass is 79.9. The molecule has 0 aliphatic carbocycles. The average Bonchev–Trinajstić information content (AvgIpc) is 2.62. The summed E-state index contributed by atoms with van der Waals surface area (Å²) in [7, 11) is 0. The minimum absolute atomic E-state index is 0.170. The molecule has 2 aliphatic heterocycles. The van der Waals surface area contributed by atoms with Gasteiger partial charge in [-0.1, -0.05) is 28.1 Å². The first kappa shape index (κ1) is 16.0. The maximum atomic E-state index is 6.19. The first-order valence-corrected chi connectivity index (χ1v) is 9.46. The predicted octanol–water partition coefficient (Wildman–Crippen LogP) is 5.48. The predicted molar refractivity (Wildman–Crippen MR) is 99.5 cm³/mol. The van der Waals surface area contributed by atoms with Gasteiger partial charge in [-0.2, -0.15) is 0 Å². The highest BCUT2D eigenvalue weighted by Crippen LogP contribution is 2.49. The van der Waals surface area contributed by atoms with Crippen LogP contribution in [0.25, 0.3) is 0 Å². The second-order valence-electron chi connectivity index (χ2n) is 6.45. The Hall–Kier alpha value is -1.52. The molecule has 2 aromatic rings. The number of hydrogen-bond acceptors (Lipinski definition) is 3. The van der Waals surface area contributed by atoms with E-state index < -0.39 is 0 Å². The molecule has 4 rings (SSSR count). The fourth-order valence-electron chi connectivity index (χ4n) is 3.91. The molecular weight excluding hydrogens is 366 g/mol. The molecule has 3 nitrogen and oxygen atoms in total. The summed E-state index contributed by atoms with van der Waals surface area (Å²) in [6.45, 7) is 3.56. The molecule has 2 heterocycles. The third-order valence-corrected chi connectivity index (χ3v) is 5.47. The van der Waals surface area contributed by atoms with Crippen molar-refractivity contribution in [2.75, 3.05) is 18.5 Å². The van der Waals surface area contributed by atoms with Crippen LogP contribution in [0.15, 0.2) is 46.9 Å². The van der Waals surface area contributed by atoms with E-state index in [4.69, 9.17) is 9.47 Å². The monoisotopic (exact) mass is 387 g/mol. The molecule has 0 saturated carbocycles. The van der Waals surface area contributed by atoms with Crippen molar-refractivity contribution in [1.82, 2.24) is 0 Å². The summed E-state index contributed by atoms with van der Waals surface area (Å²) >= 11 is 3.59. The summed E-state index contributed by atoms with van der Waals surface area (Å²) in [5.41, 5.74) is 3.75. The van der Waals surface area contributed by atoms with E-state index in [9.17, 15) is 0 Å². The van der Waals surface area contributed by atoms with Crippen LogP contribution in [0, 0.1) is 5.92 Å². The van der Waals surface area contributed by atoms with Crippen molar-refractivity contribution in [2.45, 2.75) is 31.9 Å². The SMILES string of the molecule is CCOc1ccc(C2Nc3ccc(Br)cc3C3OCCCC23)cc1. The lowest BCUT2D eigenvalue weighted by molar-refractivity contribution is -0.0381. The molecule has 126 valence electrons. The van der Waals surface area contributed by atoms with E-state index in [0.717, 1.165) is 23.2 Å². The minimum Gasteiger partial charge on any atom is -0.494 e. The molecule has 4 heteroatoms. The lowest BCUT2D eigenvalue weighted by Crippen LogP contribution is -2.35. The van der Waals surface area contributed by atoms with Crippen molar-refractivity contribution < 1.29 is 9.47 Å². The molecule has 0 spiro atoms. The van der Waals surface area contributed by atoms with Gasteiger partial charge >= 0.3 is 0 Å². The molecule has 1 fully saturated rings. The quantitative estimate of drug-likeness (QED) is 0.755. The number of ether oxygens (including phenoxy) is 2. The molecular formula is C20H22BrNO2. The van der Waals surface area contributed by atoms with Crippen LogP contribution in [0.2, 0.25) is 0 Å². The molecule has 3 atom stereocenters. The number of fused-ring (bicyclic) bond motifs is 3. The van der Waals surface area contributed by atoms with Crippen LogP contribution in [0.5, 0.6) is 5.75 Å². The van der Waals surface area contributed by atoms with Crippen molar-refractivity contribution >= 4 is 21.6 Å². The normalized spacial score (nSPS) is 25.3. The molecule has 1 saturated heterocycles. The zero-order chi connectivity index (χ0) is 16.5. The lowest BCUT2D eigenvalue weighted by Gasteiger charge is -2.43. The molecule has 1 N–H and O–H groups in total. The van der Waals surface area contributed by atoms with Gasteiger partial charge in [0.05, 0.1) is 18.8 Å². The third kappa shape index (κ3) is 2.93. The van der Waals surface area contributed by atoms with E-state index in [1.54, 1.807) is 0 Å². The average molecular weight is 388 g/mol. The third-order valence-electron chi connectivity index (χ3n) is 4.98. The number of benzene rings is 2. The summed E-state index contributed by atoms with van der Waals surface area (Å²) < 4.78 is 12.9. The van der Waals surface area contributed by atoms with E-state index >= 15 is 0 Å². The summed E-state index contributed by atoms with van der Waals surface area (Å²) in [6, 6.07) is 15.2. The highest BCUT2D eigenvalue weighted by molar-refractivity contribution is 9.10. The smallest absolute Gasteiger partial charge is 0.119 e. The van der Waals surface area contributed by atoms with Gasteiger partial charge in [0, 0.05) is 28.2 Å². The second-order valence-corrected chi connectivity index (χ2v) is 7.37. The first-order valence-electron chi connectivity index (χ1n) is 8.66. The molecule has 2 aliphatic rings. The Bertz CT molecular complexity index is 716. The maximum absolute atomic E-state index is 6.19. The molecule has 0 radical (unpaired) electrons. The zero-order valence-corrected chi connectivity index (χ0v) is 15.4. The van der Waals surface area contributed by atoms with Crippen molar-refractivity contribution in [2.24, 2.45) is 5.92 Å². The van der Waals surface area contributed by atoms with Crippen molar-refractivity contribution in [3.63, 3.8) is 0 Å². The van der Waals surface area contributed by atoms with Crippen LogP contribution in [0.1, 0.15) is 43.0 Å². The van der Waals surface area contributed by atoms with E-state index in [2.05, 4.69) is 63.7 Å². The fraction of sp³-hybridized carbons (Fsp3) is 0.400. The van der Waals surface area contributed by atoms with Crippen molar-refractivity contribution in [3.8, 4) is 5.75 Å². The van der Waals surface area contributed by atoms with Crippen LogP contribution >= 0.6 is 15.9 Å².